The van der Waals surface area contributed by atoms with Crippen LogP contribution in [0.5, 0.6) is 0 Å². The van der Waals surface area contributed by atoms with E-state index in [-0.39, 0.29) is 12.5 Å². The Bertz CT molecular complexity index is 223. The number of quaternary nitrogens is 1. The number of carbonyl (C=O) groups is 1. The minimum Gasteiger partial charge on any atom is -0.550 e. The number of carboxylic acid groups (broad SMARTS) is 1. The Morgan fingerprint density at radius 2 is 1.94 bits per heavy atom. The van der Waals surface area contributed by atoms with Crippen molar-refractivity contribution in [1.29, 1.82) is 0 Å². The van der Waals surface area contributed by atoms with Gasteiger partial charge in [0.25, 0.3) is 0 Å². The van der Waals surface area contributed by atoms with Gasteiger partial charge in [-0.1, -0.05) is 20.3 Å². The zero-order valence-electron chi connectivity index (χ0n) is 11.9. The summed E-state index contributed by atoms with van der Waals surface area (Å²) in [5.41, 5.74) is 0. The van der Waals surface area contributed by atoms with Crippen LogP contribution in [0.1, 0.15) is 33.1 Å². The molecule has 0 aliphatic rings. The van der Waals surface area contributed by atoms with Crippen molar-refractivity contribution >= 4 is 5.97 Å². The number of aliphatic carboxylic acids is 1. The number of carboxylic acids is 1. The summed E-state index contributed by atoms with van der Waals surface area (Å²) in [5, 5.41) is 10.7. The Balaban J connectivity index is 4.06. The lowest BCUT2D eigenvalue weighted by molar-refractivity contribution is -0.873. The Hall–Kier alpha value is -0.610. The molecule has 0 aromatic carbocycles. The predicted molar refractivity (Wildman–Crippen MR) is 66.3 cm³/mol. The number of hydrogen-bond acceptors (Lipinski definition) is 3. The first kappa shape index (κ1) is 16.4. The lowest BCUT2D eigenvalue weighted by Gasteiger charge is -2.29. The lowest BCUT2D eigenvalue weighted by atomic mass is 10.1. The molecule has 4 nitrogen and oxygen atoms in total. The lowest BCUT2D eigenvalue weighted by Crippen LogP contribution is -2.44. The van der Waals surface area contributed by atoms with Gasteiger partial charge in [-0.3, -0.25) is 0 Å². The van der Waals surface area contributed by atoms with Gasteiger partial charge in [-0.15, -0.1) is 0 Å². The maximum absolute atomic E-state index is 10.7. The highest BCUT2D eigenvalue weighted by Crippen LogP contribution is 2.09. The molecule has 0 amide bonds. The molecule has 0 saturated heterocycles. The molecular formula is C13H27NO3. The van der Waals surface area contributed by atoms with E-state index in [1.54, 1.807) is 0 Å². The molecule has 0 bridgehead atoms. The van der Waals surface area contributed by atoms with Gasteiger partial charge < -0.3 is 19.1 Å². The minimum absolute atomic E-state index is 0.0178. The van der Waals surface area contributed by atoms with Crippen molar-refractivity contribution in [3.8, 4) is 0 Å². The molecule has 0 aromatic heterocycles. The molecule has 4 heteroatoms. The minimum atomic E-state index is -1.04. The maximum atomic E-state index is 10.7. The van der Waals surface area contributed by atoms with Gasteiger partial charge in [0.2, 0.25) is 0 Å². The van der Waals surface area contributed by atoms with Crippen LogP contribution in [0.2, 0.25) is 0 Å². The van der Waals surface area contributed by atoms with E-state index in [1.165, 1.54) is 0 Å². The monoisotopic (exact) mass is 245 g/mol. The van der Waals surface area contributed by atoms with Crippen molar-refractivity contribution in [2.45, 2.75) is 39.2 Å². The van der Waals surface area contributed by atoms with E-state index in [4.69, 9.17) is 4.74 Å². The molecule has 0 rings (SSSR count). The fraction of sp³-hybridized carbons (Fsp3) is 0.923. The molecule has 0 radical (unpaired) electrons. The average Bonchev–Trinajstić information content (AvgIpc) is 2.13. The van der Waals surface area contributed by atoms with Crippen molar-refractivity contribution < 1.29 is 19.1 Å². The van der Waals surface area contributed by atoms with Crippen LogP contribution in [-0.2, 0) is 9.53 Å². The summed E-state index contributed by atoms with van der Waals surface area (Å²) in [6.45, 7) is 5.65. The van der Waals surface area contributed by atoms with E-state index in [9.17, 15) is 9.90 Å². The fourth-order valence-corrected chi connectivity index (χ4v) is 1.61. The molecule has 17 heavy (non-hydrogen) atoms. The standard InChI is InChI=1S/C13H27NO3/c1-6-11(2)7-8-17-12(9-13(15)16)10-14(3,4)5/h11-12H,6-10H2,1-5H3. The summed E-state index contributed by atoms with van der Waals surface area (Å²) < 4.78 is 6.36. The molecule has 2 unspecified atom stereocenters. The number of nitrogens with zero attached hydrogens (tertiary/aromatic N) is 1. The van der Waals surface area contributed by atoms with Crippen LogP contribution in [-0.4, -0.2) is 50.9 Å². The number of rotatable bonds is 9. The summed E-state index contributed by atoms with van der Waals surface area (Å²) in [6, 6.07) is 0. The molecule has 0 saturated carbocycles. The largest absolute Gasteiger partial charge is 0.550 e. The highest BCUT2D eigenvalue weighted by Gasteiger charge is 2.19. The van der Waals surface area contributed by atoms with Gasteiger partial charge in [-0.25, -0.2) is 0 Å². The second kappa shape index (κ2) is 7.67. The molecule has 0 aliphatic carbocycles. The van der Waals surface area contributed by atoms with Crippen LogP contribution < -0.4 is 5.11 Å². The number of ether oxygens (including phenoxy) is 1. The highest BCUT2D eigenvalue weighted by atomic mass is 16.5. The van der Waals surface area contributed by atoms with Crippen LogP contribution in [0.15, 0.2) is 0 Å². The zero-order chi connectivity index (χ0) is 13.5. The topological polar surface area (TPSA) is 49.4 Å². The number of carbonyl (C=O) groups excluding carboxylic acids is 1. The molecule has 0 spiro atoms. The van der Waals surface area contributed by atoms with Crippen LogP contribution in [0, 0.1) is 5.92 Å². The van der Waals surface area contributed by atoms with Crippen LogP contribution in [0.25, 0.3) is 0 Å². The Morgan fingerprint density at radius 3 is 2.35 bits per heavy atom. The molecule has 0 aromatic rings. The smallest absolute Gasteiger partial charge is 0.112 e. The van der Waals surface area contributed by atoms with Gasteiger partial charge in [0.05, 0.1) is 21.1 Å². The molecule has 102 valence electrons. The summed E-state index contributed by atoms with van der Waals surface area (Å²) >= 11 is 0. The number of likely N-dealkylation sites (N-methyl/N-ethyl adjacent to an activating group) is 1. The molecule has 2 atom stereocenters. The van der Waals surface area contributed by atoms with Crippen molar-refractivity contribution in [1.82, 2.24) is 0 Å². The molecule has 0 N–H and O–H groups in total. The summed E-state index contributed by atoms with van der Waals surface area (Å²) in [4.78, 5) is 10.7. The Labute approximate surface area is 105 Å². The molecule has 0 fully saturated rings. The van der Waals surface area contributed by atoms with E-state index >= 15 is 0 Å². The van der Waals surface area contributed by atoms with E-state index in [0.29, 0.717) is 23.6 Å². The molecular weight excluding hydrogens is 218 g/mol. The average molecular weight is 245 g/mol. The summed E-state index contributed by atoms with van der Waals surface area (Å²) in [6.07, 6.45) is 1.85. The highest BCUT2D eigenvalue weighted by molar-refractivity contribution is 5.64. The quantitative estimate of drug-likeness (QED) is 0.561. The van der Waals surface area contributed by atoms with Crippen molar-refractivity contribution in [3.63, 3.8) is 0 Å². The molecule has 0 aliphatic heterocycles. The third-order valence-corrected chi connectivity index (χ3v) is 2.81. The van der Waals surface area contributed by atoms with Gasteiger partial charge >= 0.3 is 0 Å². The van der Waals surface area contributed by atoms with Crippen LogP contribution >= 0.6 is 0 Å². The second-order valence-corrected chi connectivity index (χ2v) is 5.84. The van der Waals surface area contributed by atoms with E-state index < -0.39 is 5.97 Å². The number of hydrogen-bond donors (Lipinski definition) is 0. The van der Waals surface area contributed by atoms with Gasteiger partial charge in [-0.05, 0) is 12.3 Å². The van der Waals surface area contributed by atoms with Crippen molar-refractivity contribution in [2.75, 3.05) is 34.3 Å². The van der Waals surface area contributed by atoms with Crippen molar-refractivity contribution in [3.05, 3.63) is 0 Å². The zero-order valence-corrected chi connectivity index (χ0v) is 11.9. The van der Waals surface area contributed by atoms with E-state index in [1.807, 2.05) is 21.1 Å². The van der Waals surface area contributed by atoms with Crippen LogP contribution in [0.4, 0.5) is 0 Å². The van der Waals surface area contributed by atoms with Gasteiger partial charge in [0, 0.05) is 19.0 Å². The van der Waals surface area contributed by atoms with Gasteiger partial charge in [0.15, 0.2) is 0 Å². The first-order valence-electron chi connectivity index (χ1n) is 6.36. The first-order valence-corrected chi connectivity index (χ1v) is 6.36. The van der Waals surface area contributed by atoms with E-state index in [2.05, 4.69) is 13.8 Å². The maximum Gasteiger partial charge on any atom is 0.112 e. The Kier molecular flexibility index (Phi) is 7.39. The van der Waals surface area contributed by atoms with Crippen LogP contribution in [0.3, 0.4) is 0 Å². The SMILES string of the molecule is CCC(C)CCOC(CC(=O)[O-])C[N+](C)(C)C. The molecule has 0 heterocycles. The van der Waals surface area contributed by atoms with Crippen molar-refractivity contribution in [2.24, 2.45) is 5.92 Å². The second-order valence-electron chi connectivity index (χ2n) is 5.84. The predicted octanol–water partition coefficient (Wildman–Crippen LogP) is 0.654. The fourth-order valence-electron chi connectivity index (χ4n) is 1.61. The summed E-state index contributed by atoms with van der Waals surface area (Å²) in [5.74, 6) is -0.408. The summed E-state index contributed by atoms with van der Waals surface area (Å²) in [7, 11) is 6.08. The third-order valence-electron chi connectivity index (χ3n) is 2.81. The van der Waals surface area contributed by atoms with Gasteiger partial charge in [-0.2, -0.15) is 0 Å². The van der Waals surface area contributed by atoms with Gasteiger partial charge in [0.1, 0.15) is 12.6 Å². The third kappa shape index (κ3) is 10.3. The Morgan fingerprint density at radius 1 is 1.35 bits per heavy atom. The normalized spacial score (nSPS) is 15.6. The first-order chi connectivity index (χ1) is 7.74. The van der Waals surface area contributed by atoms with E-state index in [0.717, 1.165) is 12.8 Å².